The Labute approximate surface area is 135 Å². The van der Waals surface area contributed by atoms with Crippen LogP contribution in [0.3, 0.4) is 0 Å². The topological polar surface area (TPSA) is 61.6 Å². The highest BCUT2D eigenvalue weighted by Gasteiger charge is 2.50. The van der Waals surface area contributed by atoms with E-state index in [1.807, 2.05) is 55.5 Å². The van der Waals surface area contributed by atoms with Crippen molar-refractivity contribution in [3.05, 3.63) is 69.8 Å². The van der Waals surface area contributed by atoms with Gasteiger partial charge in [-0.15, -0.1) is 0 Å². The van der Waals surface area contributed by atoms with Crippen molar-refractivity contribution < 1.29 is 14.4 Å². The SMILES string of the molecule is CCOc1cccc(C2CC2[N+](=O)[O-])c1OCc1ccccc1. The average Bonchev–Trinajstić information content (AvgIpc) is 3.35. The van der Waals surface area contributed by atoms with Gasteiger partial charge in [0.25, 0.3) is 0 Å². The normalized spacial score (nSPS) is 19.2. The van der Waals surface area contributed by atoms with Gasteiger partial charge in [0, 0.05) is 16.9 Å². The largest absolute Gasteiger partial charge is 0.490 e. The third-order valence-electron chi connectivity index (χ3n) is 3.96. The molecule has 0 N–H and O–H groups in total. The minimum Gasteiger partial charge on any atom is -0.490 e. The lowest BCUT2D eigenvalue weighted by Gasteiger charge is -2.15. The quantitative estimate of drug-likeness (QED) is 0.576. The molecule has 3 rings (SSSR count). The van der Waals surface area contributed by atoms with Gasteiger partial charge in [0.05, 0.1) is 12.5 Å². The predicted molar refractivity (Wildman–Crippen MR) is 86.5 cm³/mol. The summed E-state index contributed by atoms with van der Waals surface area (Å²) < 4.78 is 11.6. The van der Waals surface area contributed by atoms with E-state index in [1.165, 1.54) is 0 Å². The van der Waals surface area contributed by atoms with E-state index in [9.17, 15) is 10.1 Å². The van der Waals surface area contributed by atoms with Gasteiger partial charge in [-0.1, -0.05) is 42.5 Å². The summed E-state index contributed by atoms with van der Waals surface area (Å²) in [4.78, 5) is 10.8. The van der Waals surface area contributed by atoms with Gasteiger partial charge >= 0.3 is 0 Å². The van der Waals surface area contributed by atoms with Gasteiger partial charge < -0.3 is 9.47 Å². The molecule has 2 atom stereocenters. The number of rotatable bonds is 7. The molecule has 0 aromatic heterocycles. The van der Waals surface area contributed by atoms with Crippen molar-refractivity contribution in [3.8, 4) is 11.5 Å². The highest BCUT2D eigenvalue weighted by molar-refractivity contribution is 5.50. The summed E-state index contributed by atoms with van der Waals surface area (Å²) in [6.45, 7) is 2.84. The molecule has 5 heteroatoms. The number of ether oxygens (including phenoxy) is 2. The molecule has 0 bridgehead atoms. The molecule has 0 radical (unpaired) electrons. The minimum absolute atomic E-state index is 0.0869. The number of hydrogen-bond donors (Lipinski definition) is 0. The first-order chi connectivity index (χ1) is 11.2. The molecule has 0 amide bonds. The van der Waals surface area contributed by atoms with Crippen molar-refractivity contribution in [2.75, 3.05) is 6.61 Å². The summed E-state index contributed by atoms with van der Waals surface area (Å²) in [5.74, 6) is 1.19. The maximum Gasteiger partial charge on any atom is 0.221 e. The van der Waals surface area contributed by atoms with Crippen LogP contribution in [-0.2, 0) is 6.61 Å². The Morgan fingerprint density at radius 2 is 1.91 bits per heavy atom. The molecule has 2 aromatic carbocycles. The van der Waals surface area contributed by atoms with Crippen LogP contribution >= 0.6 is 0 Å². The fourth-order valence-corrected chi connectivity index (χ4v) is 2.73. The zero-order chi connectivity index (χ0) is 16.2. The van der Waals surface area contributed by atoms with Crippen LogP contribution in [0.4, 0.5) is 0 Å². The van der Waals surface area contributed by atoms with E-state index in [0.717, 1.165) is 11.1 Å². The van der Waals surface area contributed by atoms with E-state index in [4.69, 9.17) is 9.47 Å². The first-order valence-corrected chi connectivity index (χ1v) is 7.76. The van der Waals surface area contributed by atoms with Gasteiger partial charge in [-0.05, 0) is 18.6 Å². The molecule has 2 aromatic rings. The van der Waals surface area contributed by atoms with Crippen LogP contribution in [0.15, 0.2) is 48.5 Å². The smallest absolute Gasteiger partial charge is 0.221 e. The zero-order valence-electron chi connectivity index (χ0n) is 13.0. The van der Waals surface area contributed by atoms with Gasteiger partial charge in [0.2, 0.25) is 6.04 Å². The van der Waals surface area contributed by atoms with Crippen LogP contribution in [-0.4, -0.2) is 17.6 Å². The molecule has 1 saturated carbocycles. The van der Waals surface area contributed by atoms with Crippen molar-refractivity contribution in [1.82, 2.24) is 0 Å². The third-order valence-corrected chi connectivity index (χ3v) is 3.96. The van der Waals surface area contributed by atoms with Gasteiger partial charge in [-0.3, -0.25) is 10.1 Å². The molecule has 5 nitrogen and oxygen atoms in total. The fourth-order valence-electron chi connectivity index (χ4n) is 2.73. The van der Waals surface area contributed by atoms with Gasteiger partial charge in [0.15, 0.2) is 11.5 Å². The van der Waals surface area contributed by atoms with Crippen LogP contribution in [0.5, 0.6) is 11.5 Å². The summed E-state index contributed by atoms with van der Waals surface area (Å²) in [6, 6.07) is 14.9. The van der Waals surface area contributed by atoms with Crippen molar-refractivity contribution in [1.29, 1.82) is 0 Å². The second-order valence-corrected chi connectivity index (χ2v) is 5.58. The Morgan fingerprint density at radius 1 is 1.13 bits per heavy atom. The lowest BCUT2D eigenvalue weighted by atomic mass is 10.1. The minimum atomic E-state index is -0.508. The van der Waals surface area contributed by atoms with E-state index in [2.05, 4.69) is 0 Å². The second-order valence-electron chi connectivity index (χ2n) is 5.58. The molecule has 1 aliphatic carbocycles. The average molecular weight is 313 g/mol. The molecule has 0 heterocycles. The molecule has 0 saturated heterocycles. The van der Waals surface area contributed by atoms with Crippen LogP contribution in [0, 0.1) is 10.1 Å². The lowest BCUT2D eigenvalue weighted by Crippen LogP contribution is -2.06. The Bertz CT molecular complexity index is 687. The maximum absolute atomic E-state index is 11.0. The van der Waals surface area contributed by atoms with Crippen LogP contribution < -0.4 is 9.47 Å². The van der Waals surface area contributed by atoms with Crippen LogP contribution in [0.2, 0.25) is 0 Å². The molecule has 23 heavy (non-hydrogen) atoms. The van der Waals surface area contributed by atoms with Crippen molar-refractivity contribution >= 4 is 0 Å². The third kappa shape index (κ3) is 3.44. The Balaban J connectivity index is 1.84. The van der Waals surface area contributed by atoms with E-state index in [1.54, 1.807) is 0 Å². The Kier molecular flexibility index (Phi) is 4.46. The second kappa shape index (κ2) is 6.69. The van der Waals surface area contributed by atoms with E-state index in [0.29, 0.717) is 31.1 Å². The number of nitrogens with zero attached hydrogens (tertiary/aromatic N) is 1. The first-order valence-electron chi connectivity index (χ1n) is 7.76. The Morgan fingerprint density at radius 3 is 2.57 bits per heavy atom. The predicted octanol–water partition coefficient (Wildman–Crippen LogP) is 3.80. The number of benzene rings is 2. The van der Waals surface area contributed by atoms with Gasteiger partial charge in [-0.25, -0.2) is 0 Å². The van der Waals surface area contributed by atoms with Crippen LogP contribution in [0.1, 0.15) is 30.4 Å². The summed E-state index contributed by atoms with van der Waals surface area (Å²) in [5.41, 5.74) is 1.92. The Hall–Kier alpha value is -2.56. The monoisotopic (exact) mass is 313 g/mol. The number of para-hydroxylation sites is 1. The lowest BCUT2D eigenvalue weighted by molar-refractivity contribution is -0.496. The highest BCUT2D eigenvalue weighted by atomic mass is 16.6. The molecule has 1 aliphatic rings. The van der Waals surface area contributed by atoms with Gasteiger partial charge in [0.1, 0.15) is 6.61 Å². The van der Waals surface area contributed by atoms with Gasteiger partial charge in [-0.2, -0.15) is 0 Å². The first kappa shape index (κ1) is 15.3. The molecule has 120 valence electrons. The highest BCUT2D eigenvalue weighted by Crippen LogP contribution is 2.49. The van der Waals surface area contributed by atoms with E-state index in [-0.39, 0.29) is 10.8 Å². The summed E-state index contributed by atoms with van der Waals surface area (Å²) in [5, 5.41) is 11.0. The molecule has 1 fully saturated rings. The fraction of sp³-hybridized carbons (Fsp3) is 0.333. The van der Waals surface area contributed by atoms with E-state index >= 15 is 0 Å². The number of nitro groups is 1. The number of hydrogen-bond acceptors (Lipinski definition) is 4. The summed E-state index contributed by atoms with van der Waals surface area (Å²) >= 11 is 0. The molecular weight excluding hydrogens is 294 g/mol. The van der Waals surface area contributed by atoms with Crippen molar-refractivity contribution in [3.63, 3.8) is 0 Å². The molecule has 0 aliphatic heterocycles. The zero-order valence-corrected chi connectivity index (χ0v) is 13.0. The molecule has 0 spiro atoms. The molecular formula is C18H19NO4. The van der Waals surface area contributed by atoms with E-state index < -0.39 is 6.04 Å². The standard InChI is InChI=1S/C18H19NO4/c1-2-22-17-10-6-9-14(15-11-16(15)19(20)21)18(17)23-12-13-7-4-3-5-8-13/h3-10,15-16H,2,11-12H2,1H3. The molecule has 2 unspecified atom stereocenters. The van der Waals surface area contributed by atoms with Crippen molar-refractivity contribution in [2.24, 2.45) is 0 Å². The van der Waals surface area contributed by atoms with Crippen molar-refractivity contribution in [2.45, 2.75) is 31.9 Å². The summed E-state index contributed by atoms with van der Waals surface area (Å²) in [7, 11) is 0. The van der Waals surface area contributed by atoms with Crippen LogP contribution in [0.25, 0.3) is 0 Å². The summed E-state index contributed by atoms with van der Waals surface area (Å²) in [6.07, 6.45) is 0.560. The maximum atomic E-state index is 11.0.